The summed E-state index contributed by atoms with van der Waals surface area (Å²) in [7, 11) is 0. The summed E-state index contributed by atoms with van der Waals surface area (Å²) < 4.78 is 31.9. The van der Waals surface area contributed by atoms with E-state index in [-0.39, 0.29) is 11.9 Å². The molecule has 1 saturated heterocycles. The van der Waals surface area contributed by atoms with Gasteiger partial charge >= 0.3 is 0 Å². The minimum absolute atomic E-state index is 0.00285. The zero-order valence-corrected chi connectivity index (χ0v) is 9.88. The molecule has 0 aromatic heterocycles. The van der Waals surface area contributed by atoms with Crippen LogP contribution in [0.1, 0.15) is 19.8 Å². The van der Waals surface area contributed by atoms with Gasteiger partial charge in [0.15, 0.2) is 11.6 Å². The second-order valence-electron chi connectivity index (χ2n) is 4.50. The van der Waals surface area contributed by atoms with Gasteiger partial charge in [-0.05, 0) is 38.4 Å². The van der Waals surface area contributed by atoms with Crippen LogP contribution in [0.3, 0.4) is 0 Å². The molecule has 1 aromatic rings. The normalized spacial score (nSPS) is 22.2. The topological polar surface area (TPSA) is 21.3 Å². The third-order valence-electron chi connectivity index (χ3n) is 3.20. The smallest absolute Gasteiger partial charge is 0.165 e. The van der Waals surface area contributed by atoms with Crippen molar-refractivity contribution in [2.24, 2.45) is 5.92 Å². The van der Waals surface area contributed by atoms with Crippen molar-refractivity contribution in [1.82, 2.24) is 5.32 Å². The number of rotatable bonds is 3. The monoisotopic (exact) mass is 241 g/mol. The molecule has 2 rings (SSSR count). The Morgan fingerprint density at radius 3 is 2.94 bits per heavy atom. The molecule has 2 nitrogen and oxygen atoms in total. The summed E-state index contributed by atoms with van der Waals surface area (Å²) >= 11 is 0. The van der Waals surface area contributed by atoms with Gasteiger partial charge < -0.3 is 10.1 Å². The van der Waals surface area contributed by atoms with Crippen molar-refractivity contribution in [3.05, 3.63) is 29.8 Å². The largest absolute Gasteiger partial charge is 0.487 e. The fourth-order valence-corrected chi connectivity index (χ4v) is 2.14. The third kappa shape index (κ3) is 3.16. The maximum atomic E-state index is 13.4. The quantitative estimate of drug-likeness (QED) is 0.878. The van der Waals surface area contributed by atoms with Gasteiger partial charge in [0.05, 0.1) is 0 Å². The molecule has 0 saturated carbocycles. The summed E-state index contributed by atoms with van der Waals surface area (Å²) in [4.78, 5) is 0. The first kappa shape index (κ1) is 12.3. The van der Waals surface area contributed by atoms with E-state index in [0.717, 1.165) is 44.1 Å². The highest BCUT2D eigenvalue weighted by atomic mass is 19.1. The zero-order valence-electron chi connectivity index (χ0n) is 9.88. The highest BCUT2D eigenvalue weighted by molar-refractivity contribution is 5.25. The molecule has 2 unspecified atom stereocenters. The van der Waals surface area contributed by atoms with E-state index in [1.807, 2.05) is 6.92 Å². The highest BCUT2D eigenvalue weighted by Gasteiger charge is 2.22. The first-order valence-electron chi connectivity index (χ1n) is 5.99. The molecule has 94 valence electrons. The van der Waals surface area contributed by atoms with Crippen LogP contribution in [0.5, 0.6) is 5.75 Å². The van der Waals surface area contributed by atoms with Crippen LogP contribution in [0.25, 0.3) is 0 Å². The first-order valence-corrected chi connectivity index (χ1v) is 5.99. The van der Waals surface area contributed by atoms with E-state index in [2.05, 4.69) is 5.32 Å². The number of nitrogens with one attached hydrogen (secondary N) is 1. The van der Waals surface area contributed by atoms with Gasteiger partial charge in [-0.1, -0.05) is 0 Å². The minimum Gasteiger partial charge on any atom is -0.487 e. The summed E-state index contributed by atoms with van der Waals surface area (Å²) in [5, 5.41) is 3.28. The van der Waals surface area contributed by atoms with Crippen LogP contribution in [0.2, 0.25) is 0 Å². The van der Waals surface area contributed by atoms with Crippen molar-refractivity contribution in [3.8, 4) is 5.75 Å². The Hall–Kier alpha value is -1.16. The van der Waals surface area contributed by atoms with E-state index >= 15 is 0 Å². The molecule has 0 radical (unpaired) electrons. The number of piperidine rings is 1. The van der Waals surface area contributed by atoms with E-state index in [4.69, 9.17) is 4.74 Å². The standard InChI is InChI=1S/C13H17F2NO/c1-9(10-3-2-6-16-8-10)17-13-7-11(14)4-5-12(13)15/h4-5,7,9-10,16H,2-3,6,8H2,1H3. The molecule has 0 amide bonds. The van der Waals surface area contributed by atoms with Gasteiger partial charge in [-0.15, -0.1) is 0 Å². The van der Waals surface area contributed by atoms with Crippen LogP contribution in [0.15, 0.2) is 18.2 Å². The van der Waals surface area contributed by atoms with Gasteiger partial charge in [-0.3, -0.25) is 0 Å². The van der Waals surface area contributed by atoms with Crippen molar-refractivity contribution < 1.29 is 13.5 Å². The molecular formula is C13H17F2NO. The fourth-order valence-electron chi connectivity index (χ4n) is 2.14. The van der Waals surface area contributed by atoms with Gasteiger partial charge in [0.2, 0.25) is 0 Å². The summed E-state index contributed by atoms with van der Waals surface area (Å²) in [6.07, 6.45) is 2.05. The maximum absolute atomic E-state index is 13.4. The molecule has 1 aliphatic heterocycles. The van der Waals surface area contributed by atoms with Crippen molar-refractivity contribution in [1.29, 1.82) is 0 Å². The van der Waals surface area contributed by atoms with Crippen molar-refractivity contribution in [3.63, 3.8) is 0 Å². The van der Waals surface area contributed by atoms with Crippen molar-refractivity contribution >= 4 is 0 Å². The van der Waals surface area contributed by atoms with E-state index < -0.39 is 11.6 Å². The van der Waals surface area contributed by atoms with E-state index in [1.165, 1.54) is 0 Å². The van der Waals surface area contributed by atoms with Gasteiger partial charge in [0.1, 0.15) is 11.9 Å². The predicted octanol–water partition coefficient (Wildman–Crippen LogP) is 2.73. The Bertz CT molecular complexity index is 378. The molecule has 1 fully saturated rings. The van der Waals surface area contributed by atoms with Crippen LogP contribution < -0.4 is 10.1 Å². The van der Waals surface area contributed by atoms with Crippen molar-refractivity contribution in [2.45, 2.75) is 25.9 Å². The summed E-state index contributed by atoms with van der Waals surface area (Å²) in [6, 6.07) is 3.29. The molecule has 1 aromatic carbocycles. The Morgan fingerprint density at radius 1 is 1.41 bits per heavy atom. The molecule has 1 N–H and O–H groups in total. The summed E-state index contributed by atoms with van der Waals surface area (Å²) in [6.45, 7) is 3.80. The predicted molar refractivity (Wildman–Crippen MR) is 62.0 cm³/mol. The Labute approximate surface area is 100.0 Å². The number of hydrogen-bond donors (Lipinski definition) is 1. The fraction of sp³-hybridized carbons (Fsp3) is 0.538. The average molecular weight is 241 g/mol. The second kappa shape index (κ2) is 5.45. The van der Waals surface area contributed by atoms with Crippen LogP contribution in [0.4, 0.5) is 8.78 Å². The molecular weight excluding hydrogens is 224 g/mol. The maximum Gasteiger partial charge on any atom is 0.165 e. The van der Waals surface area contributed by atoms with Crippen LogP contribution in [-0.4, -0.2) is 19.2 Å². The van der Waals surface area contributed by atoms with E-state index in [9.17, 15) is 8.78 Å². The summed E-state index contributed by atoms with van der Waals surface area (Å²) in [5.74, 6) is -0.633. The number of benzene rings is 1. The van der Waals surface area contributed by atoms with E-state index in [1.54, 1.807) is 0 Å². The molecule has 0 spiro atoms. The van der Waals surface area contributed by atoms with Crippen LogP contribution in [0, 0.1) is 17.6 Å². The van der Waals surface area contributed by atoms with Gasteiger partial charge in [-0.25, -0.2) is 8.78 Å². The third-order valence-corrected chi connectivity index (χ3v) is 3.20. The molecule has 0 bridgehead atoms. The minimum atomic E-state index is -0.512. The lowest BCUT2D eigenvalue weighted by Gasteiger charge is -2.28. The lowest BCUT2D eigenvalue weighted by molar-refractivity contribution is 0.126. The number of halogens is 2. The van der Waals surface area contributed by atoms with Gasteiger partial charge in [0.25, 0.3) is 0 Å². The Morgan fingerprint density at radius 2 is 2.24 bits per heavy atom. The zero-order chi connectivity index (χ0) is 12.3. The average Bonchev–Trinajstić information content (AvgIpc) is 2.35. The second-order valence-corrected chi connectivity index (χ2v) is 4.50. The molecule has 1 aliphatic rings. The van der Waals surface area contributed by atoms with Crippen LogP contribution in [-0.2, 0) is 0 Å². The Kier molecular flexibility index (Phi) is 3.94. The van der Waals surface area contributed by atoms with Gasteiger partial charge in [0, 0.05) is 18.5 Å². The van der Waals surface area contributed by atoms with Gasteiger partial charge in [-0.2, -0.15) is 0 Å². The van der Waals surface area contributed by atoms with Crippen molar-refractivity contribution in [2.75, 3.05) is 13.1 Å². The molecule has 17 heavy (non-hydrogen) atoms. The highest BCUT2D eigenvalue weighted by Crippen LogP contribution is 2.23. The number of ether oxygens (including phenoxy) is 1. The van der Waals surface area contributed by atoms with E-state index in [0.29, 0.717) is 5.92 Å². The Balaban J connectivity index is 2.01. The molecule has 2 atom stereocenters. The molecule has 1 heterocycles. The SMILES string of the molecule is CC(Oc1cc(F)ccc1F)C1CCCNC1. The lowest BCUT2D eigenvalue weighted by atomic mass is 9.94. The molecule has 0 aliphatic carbocycles. The van der Waals surface area contributed by atoms with Crippen LogP contribution >= 0.6 is 0 Å². The lowest BCUT2D eigenvalue weighted by Crippen LogP contribution is -2.38. The first-order chi connectivity index (χ1) is 8.16. The number of hydrogen-bond acceptors (Lipinski definition) is 2. The molecule has 4 heteroatoms. The summed E-state index contributed by atoms with van der Waals surface area (Å²) in [5.41, 5.74) is 0.